The number of rotatable bonds is 5. The van der Waals surface area contributed by atoms with Gasteiger partial charge in [-0.3, -0.25) is 4.79 Å². The Bertz CT molecular complexity index is 847. The number of ether oxygens (including phenoxy) is 1. The van der Waals surface area contributed by atoms with Gasteiger partial charge in [-0.1, -0.05) is 24.3 Å². The molecule has 3 rings (SSSR count). The number of imidazole rings is 1. The number of methoxy groups -OCH3 is 1. The summed E-state index contributed by atoms with van der Waals surface area (Å²) >= 11 is 0. The third-order valence-electron chi connectivity index (χ3n) is 3.59. The van der Waals surface area contributed by atoms with Crippen molar-refractivity contribution in [3.8, 4) is 17.1 Å². The zero-order chi connectivity index (χ0) is 16.9. The molecule has 1 amide bonds. The monoisotopic (exact) mass is 325 g/mol. The first kappa shape index (κ1) is 15.7. The Morgan fingerprint density at radius 2 is 2.12 bits per heavy atom. The molecule has 1 heterocycles. The third kappa shape index (κ3) is 3.27. The lowest BCUT2D eigenvalue weighted by Crippen LogP contribution is -2.23. The van der Waals surface area contributed by atoms with Crippen molar-refractivity contribution in [3.63, 3.8) is 0 Å². The van der Waals surface area contributed by atoms with Crippen molar-refractivity contribution in [3.05, 3.63) is 71.8 Å². The highest BCUT2D eigenvalue weighted by molar-refractivity contribution is 6.00. The number of carbonyl (C=O) groups is 1. The molecule has 0 aliphatic carbocycles. The van der Waals surface area contributed by atoms with Gasteiger partial charge in [0.1, 0.15) is 5.82 Å². The number of aromatic amines is 1. The van der Waals surface area contributed by atoms with E-state index in [1.54, 1.807) is 30.6 Å². The van der Waals surface area contributed by atoms with E-state index in [1.807, 2.05) is 12.1 Å². The number of nitrogens with one attached hydrogen (secondary N) is 2. The van der Waals surface area contributed by atoms with Crippen LogP contribution in [0.25, 0.3) is 11.4 Å². The molecule has 0 unspecified atom stereocenters. The molecule has 1 aromatic heterocycles. The second kappa shape index (κ2) is 6.95. The zero-order valence-corrected chi connectivity index (χ0v) is 13.0. The molecule has 0 radical (unpaired) electrons. The molecule has 0 saturated heterocycles. The first-order valence-corrected chi connectivity index (χ1v) is 7.38. The molecule has 2 aromatic carbocycles. The van der Waals surface area contributed by atoms with Crippen LogP contribution in [0.15, 0.2) is 54.9 Å². The van der Waals surface area contributed by atoms with Gasteiger partial charge in [0.05, 0.1) is 12.7 Å². The zero-order valence-electron chi connectivity index (χ0n) is 13.0. The molecule has 3 aromatic rings. The average molecular weight is 325 g/mol. The number of aromatic nitrogens is 2. The number of halogens is 1. The fourth-order valence-corrected chi connectivity index (χ4v) is 2.40. The molecule has 0 spiro atoms. The van der Waals surface area contributed by atoms with Crippen LogP contribution in [-0.4, -0.2) is 23.0 Å². The summed E-state index contributed by atoms with van der Waals surface area (Å²) in [6, 6.07) is 11.8. The number of hydrogen-bond donors (Lipinski definition) is 2. The van der Waals surface area contributed by atoms with Crippen LogP contribution in [0.4, 0.5) is 4.39 Å². The number of carbonyl (C=O) groups excluding carboxylic acids is 1. The first-order valence-electron chi connectivity index (χ1n) is 7.38. The summed E-state index contributed by atoms with van der Waals surface area (Å²) in [5, 5.41) is 2.79. The van der Waals surface area contributed by atoms with Crippen LogP contribution in [-0.2, 0) is 6.54 Å². The molecule has 0 aliphatic rings. The summed E-state index contributed by atoms with van der Waals surface area (Å²) < 4.78 is 18.6. The van der Waals surface area contributed by atoms with E-state index < -0.39 is 5.82 Å². The van der Waals surface area contributed by atoms with Crippen LogP contribution in [0, 0.1) is 5.82 Å². The Hall–Kier alpha value is -3.15. The standard InChI is InChI=1S/C18H16FN3O2/c1-24-16-7-6-12(10-15(16)19)11-22-18(23)14-5-3-2-4-13(14)17-20-8-9-21-17/h2-10H,11H2,1H3,(H,20,21)(H,22,23). The molecule has 2 N–H and O–H groups in total. The van der Waals surface area contributed by atoms with Crippen molar-refractivity contribution >= 4 is 5.91 Å². The fourth-order valence-electron chi connectivity index (χ4n) is 2.40. The maximum Gasteiger partial charge on any atom is 0.252 e. The maximum atomic E-state index is 13.7. The highest BCUT2D eigenvalue weighted by Crippen LogP contribution is 2.20. The topological polar surface area (TPSA) is 67.0 Å². The number of nitrogens with zero attached hydrogens (tertiary/aromatic N) is 1. The molecule has 0 bridgehead atoms. The normalized spacial score (nSPS) is 10.4. The van der Waals surface area contributed by atoms with Gasteiger partial charge in [0, 0.05) is 24.5 Å². The highest BCUT2D eigenvalue weighted by Gasteiger charge is 2.13. The van der Waals surface area contributed by atoms with Gasteiger partial charge in [0.25, 0.3) is 5.91 Å². The molecule has 0 saturated carbocycles. The van der Waals surface area contributed by atoms with E-state index in [2.05, 4.69) is 15.3 Å². The number of H-pyrrole nitrogens is 1. The lowest BCUT2D eigenvalue weighted by atomic mass is 10.1. The maximum absolute atomic E-state index is 13.7. The van der Waals surface area contributed by atoms with E-state index >= 15 is 0 Å². The van der Waals surface area contributed by atoms with Gasteiger partial charge in [-0.05, 0) is 23.8 Å². The van der Waals surface area contributed by atoms with E-state index in [0.717, 1.165) is 0 Å². The Balaban J connectivity index is 1.75. The van der Waals surface area contributed by atoms with Crippen molar-refractivity contribution in [2.24, 2.45) is 0 Å². The number of amides is 1. The molecule has 0 fully saturated rings. The van der Waals surface area contributed by atoms with Gasteiger partial charge in [0.15, 0.2) is 11.6 Å². The van der Waals surface area contributed by atoms with Crippen LogP contribution in [0.1, 0.15) is 15.9 Å². The Kier molecular flexibility index (Phi) is 4.56. The van der Waals surface area contributed by atoms with E-state index in [0.29, 0.717) is 22.5 Å². The molecule has 0 atom stereocenters. The van der Waals surface area contributed by atoms with Crippen LogP contribution < -0.4 is 10.1 Å². The minimum atomic E-state index is -0.458. The van der Waals surface area contributed by atoms with E-state index in [4.69, 9.17) is 4.74 Å². The molecule has 6 heteroatoms. The Labute approximate surface area is 138 Å². The Morgan fingerprint density at radius 1 is 1.29 bits per heavy atom. The minimum absolute atomic E-state index is 0.174. The molecular formula is C18H16FN3O2. The van der Waals surface area contributed by atoms with E-state index in [1.165, 1.54) is 19.2 Å². The molecular weight excluding hydrogens is 309 g/mol. The van der Waals surface area contributed by atoms with Gasteiger partial charge >= 0.3 is 0 Å². The predicted molar refractivity (Wildman–Crippen MR) is 88.1 cm³/mol. The summed E-state index contributed by atoms with van der Waals surface area (Å²) in [6.07, 6.45) is 3.33. The van der Waals surface area contributed by atoms with Gasteiger partial charge in [-0.25, -0.2) is 9.37 Å². The van der Waals surface area contributed by atoms with Gasteiger partial charge in [-0.15, -0.1) is 0 Å². The lowest BCUT2D eigenvalue weighted by Gasteiger charge is -2.10. The number of benzene rings is 2. The van der Waals surface area contributed by atoms with Gasteiger partial charge in [-0.2, -0.15) is 0 Å². The Morgan fingerprint density at radius 3 is 2.83 bits per heavy atom. The molecule has 5 nitrogen and oxygen atoms in total. The minimum Gasteiger partial charge on any atom is -0.494 e. The fraction of sp³-hybridized carbons (Fsp3) is 0.111. The van der Waals surface area contributed by atoms with Gasteiger partial charge in [0.2, 0.25) is 0 Å². The summed E-state index contributed by atoms with van der Waals surface area (Å²) in [4.78, 5) is 19.6. The largest absolute Gasteiger partial charge is 0.494 e. The molecule has 0 aliphatic heterocycles. The SMILES string of the molecule is COc1ccc(CNC(=O)c2ccccc2-c2ncc[nH]2)cc1F. The lowest BCUT2D eigenvalue weighted by molar-refractivity contribution is 0.0951. The van der Waals surface area contributed by atoms with Crippen LogP contribution in [0.5, 0.6) is 5.75 Å². The van der Waals surface area contributed by atoms with Crippen molar-refractivity contribution in [2.75, 3.05) is 7.11 Å². The van der Waals surface area contributed by atoms with Gasteiger partial charge < -0.3 is 15.0 Å². The predicted octanol–water partition coefficient (Wildman–Crippen LogP) is 3.15. The van der Waals surface area contributed by atoms with Crippen molar-refractivity contribution < 1.29 is 13.9 Å². The summed E-state index contributed by atoms with van der Waals surface area (Å²) in [5.74, 6) is 0.0861. The van der Waals surface area contributed by atoms with Crippen molar-refractivity contribution in [1.29, 1.82) is 0 Å². The molecule has 122 valence electrons. The van der Waals surface area contributed by atoms with E-state index in [9.17, 15) is 9.18 Å². The molecule has 24 heavy (non-hydrogen) atoms. The van der Waals surface area contributed by atoms with Crippen LogP contribution in [0.2, 0.25) is 0 Å². The second-order valence-electron chi connectivity index (χ2n) is 5.13. The first-order chi connectivity index (χ1) is 11.7. The van der Waals surface area contributed by atoms with Crippen molar-refractivity contribution in [2.45, 2.75) is 6.54 Å². The number of hydrogen-bond acceptors (Lipinski definition) is 3. The summed E-state index contributed by atoms with van der Waals surface area (Å²) in [7, 11) is 1.41. The van der Waals surface area contributed by atoms with Crippen molar-refractivity contribution in [1.82, 2.24) is 15.3 Å². The smallest absolute Gasteiger partial charge is 0.252 e. The second-order valence-corrected chi connectivity index (χ2v) is 5.13. The summed E-state index contributed by atoms with van der Waals surface area (Å²) in [6.45, 7) is 0.215. The third-order valence-corrected chi connectivity index (χ3v) is 3.59. The van der Waals surface area contributed by atoms with E-state index in [-0.39, 0.29) is 18.2 Å². The quantitative estimate of drug-likeness (QED) is 0.757. The van der Waals surface area contributed by atoms with Crippen LogP contribution >= 0.6 is 0 Å². The van der Waals surface area contributed by atoms with Crippen LogP contribution in [0.3, 0.4) is 0 Å². The highest BCUT2D eigenvalue weighted by atomic mass is 19.1. The average Bonchev–Trinajstić information content (AvgIpc) is 3.14. The summed E-state index contributed by atoms with van der Waals surface area (Å²) in [5.41, 5.74) is 1.86.